The molecule has 1 N–H and O–H groups in total. The van der Waals surface area contributed by atoms with Gasteiger partial charge in [0.2, 0.25) is 0 Å². The summed E-state index contributed by atoms with van der Waals surface area (Å²) in [6.07, 6.45) is -3.51. The van der Waals surface area contributed by atoms with E-state index in [1.165, 1.54) is 13.3 Å². The summed E-state index contributed by atoms with van der Waals surface area (Å²) in [4.78, 5) is 10.0. The standard InChI is InChI=1S/C10H8F4NO2/c1-6(15-5-16)8-4-7(2-3-9(8)11)17-10(12,13)14/h2-4,6H,1H3,(H,15,16)/t6-/m1/s1. The topological polar surface area (TPSA) is 38.3 Å². The lowest BCUT2D eigenvalue weighted by Crippen LogP contribution is -2.19. The molecule has 0 fully saturated rings. The van der Waals surface area contributed by atoms with Crippen LogP contribution in [0, 0.1) is 5.82 Å². The molecule has 0 saturated carbocycles. The number of hydrogen-bond acceptors (Lipinski definition) is 2. The molecule has 0 unspecified atom stereocenters. The molecule has 1 rings (SSSR count). The second-order valence-electron chi connectivity index (χ2n) is 3.20. The van der Waals surface area contributed by atoms with Crippen molar-refractivity contribution in [2.24, 2.45) is 0 Å². The first-order chi connectivity index (χ1) is 7.83. The quantitative estimate of drug-likeness (QED) is 0.658. The van der Waals surface area contributed by atoms with Crippen LogP contribution in [0.5, 0.6) is 5.75 Å². The molecule has 0 aliphatic heterocycles. The van der Waals surface area contributed by atoms with Crippen molar-refractivity contribution >= 4 is 6.41 Å². The minimum Gasteiger partial charge on any atom is -0.406 e. The highest BCUT2D eigenvalue weighted by Gasteiger charge is 2.31. The molecule has 0 aliphatic rings. The fraction of sp³-hybridized carbons (Fsp3) is 0.300. The Balaban J connectivity index is 2.97. The van der Waals surface area contributed by atoms with Crippen molar-refractivity contribution in [3.05, 3.63) is 29.6 Å². The zero-order chi connectivity index (χ0) is 13.1. The van der Waals surface area contributed by atoms with Gasteiger partial charge >= 0.3 is 12.8 Å². The van der Waals surface area contributed by atoms with E-state index in [0.717, 1.165) is 18.2 Å². The van der Waals surface area contributed by atoms with E-state index in [1.54, 1.807) is 0 Å². The highest BCUT2D eigenvalue weighted by atomic mass is 19.4. The van der Waals surface area contributed by atoms with Crippen molar-refractivity contribution in [2.75, 3.05) is 0 Å². The number of rotatable bonds is 4. The highest BCUT2D eigenvalue weighted by Crippen LogP contribution is 2.27. The van der Waals surface area contributed by atoms with Crippen LogP contribution in [-0.2, 0) is 4.79 Å². The second-order valence-corrected chi connectivity index (χ2v) is 3.20. The molecular formula is C10H8F4NO2. The largest absolute Gasteiger partial charge is 0.573 e. The molecule has 0 spiro atoms. The lowest BCUT2D eigenvalue weighted by atomic mass is 10.1. The number of hydrogen-bond donors (Lipinski definition) is 1. The molecule has 3 nitrogen and oxygen atoms in total. The molecule has 1 radical (unpaired) electrons. The van der Waals surface area contributed by atoms with Crippen LogP contribution in [0.25, 0.3) is 0 Å². The third-order valence-electron chi connectivity index (χ3n) is 1.94. The second kappa shape index (κ2) is 5.03. The lowest BCUT2D eigenvalue weighted by molar-refractivity contribution is -0.274. The molecule has 1 amide bonds. The first-order valence-corrected chi connectivity index (χ1v) is 4.51. The van der Waals surface area contributed by atoms with Crippen molar-refractivity contribution < 1.29 is 27.1 Å². The maximum atomic E-state index is 13.3. The van der Waals surface area contributed by atoms with Crippen molar-refractivity contribution in [3.8, 4) is 5.75 Å². The van der Waals surface area contributed by atoms with E-state index in [9.17, 15) is 22.4 Å². The van der Waals surface area contributed by atoms with Gasteiger partial charge in [-0.1, -0.05) is 0 Å². The van der Waals surface area contributed by atoms with Crippen LogP contribution in [-0.4, -0.2) is 12.8 Å². The van der Waals surface area contributed by atoms with Gasteiger partial charge in [0.1, 0.15) is 11.6 Å². The Morgan fingerprint density at radius 3 is 2.59 bits per heavy atom. The Hall–Kier alpha value is -1.79. The first kappa shape index (κ1) is 13.3. The molecule has 0 aromatic heterocycles. The van der Waals surface area contributed by atoms with Crippen LogP contribution in [0.1, 0.15) is 18.5 Å². The SMILES string of the molecule is C[C@@H](N[C]=O)c1cc(OC(F)(F)F)ccc1F. The van der Waals surface area contributed by atoms with Crippen LogP contribution in [0.3, 0.4) is 0 Å². The number of benzene rings is 1. The van der Waals surface area contributed by atoms with E-state index in [-0.39, 0.29) is 5.56 Å². The molecule has 1 aromatic rings. The summed E-state index contributed by atoms with van der Waals surface area (Å²) in [5.74, 6) is -1.29. The van der Waals surface area contributed by atoms with Gasteiger partial charge in [-0.2, -0.15) is 0 Å². The van der Waals surface area contributed by atoms with Crippen LogP contribution < -0.4 is 10.1 Å². The molecule has 93 valence electrons. The number of ether oxygens (including phenoxy) is 1. The Labute approximate surface area is 94.4 Å². The van der Waals surface area contributed by atoms with Gasteiger partial charge < -0.3 is 10.1 Å². The number of halogens is 4. The average molecular weight is 250 g/mol. The van der Waals surface area contributed by atoms with E-state index in [2.05, 4.69) is 10.1 Å². The maximum Gasteiger partial charge on any atom is 0.573 e. The third-order valence-corrected chi connectivity index (χ3v) is 1.94. The van der Waals surface area contributed by atoms with Gasteiger partial charge in [-0.15, -0.1) is 13.2 Å². The van der Waals surface area contributed by atoms with Crippen molar-refractivity contribution in [3.63, 3.8) is 0 Å². The summed E-state index contributed by atoms with van der Waals surface area (Å²) in [5, 5.41) is 2.11. The third kappa shape index (κ3) is 3.93. The molecule has 1 aromatic carbocycles. The number of carbonyl (C=O) groups excluding carboxylic acids is 1. The fourth-order valence-corrected chi connectivity index (χ4v) is 1.22. The van der Waals surface area contributed by atoms with Crippen molar-refractivity contribution in [1.29, 1.82) is 0 Å². The maximum absolute atomic E-state index is 13.3. The van der Waals surface area contributed by atoms with Crippen molar-refractivity contribution in [1.82, 2.24) is 5.32 Å². The van der Waals surface area contributed by atoms with E-state index in [0.29, 0.717) is 0 Å². The minimum absolute atomic E-state index is 0.116. The van der Waals surface area contributed by atoms with Gasteiger partial charge in [-0.3, -0.25) is 4.79 Å². The number of alkyl halides is 3. The van der Waals surface area contributed by atoms with E-state index in [1.807, 2.05) is 0 Å². The average Bonchev–Trinajstić information content (AvgIpc) is 2.19. The summed E-state index contributed by atoms with van der Waals surface area (Å²) in [7, 11) is 0. The van der Waals surface area contributed by atoms with Crippen LogP contribution in [0.4, 0.5) is 17.6 Å². The highest BCUT2D eigenvalue weighted by molar-refractivity contribution is 5.49. The molecular weight excluding hydrogens is 242 g/mol. The molecule has 1 atom stereocenters. The minimum atomic E-state index is -4.84. The normalized spacial score (nSPS) is 13.0. The van der Waals surface area contributed by atoms with Gasteiger partial charge in [-0.05, 0) is 25.1 Å². The Bertz CT molecular complexity index is 406. The summed E-state index contributed by atoms with van der Waals surface area (Å²) in [6.45, 7) is 1.40. The van der Waals surface area contributed by atoms with Crippen LogP contribution in [0.15, 0.2) is 18.2 Å². The summed E-state index contributed by atoms with van der Waals surface area (Å²) >= 11 is 0. The zero-order valence-electron chi connectivity index (χ0n) is 8.64. The molecule has 0 heterocycles. The predicted molar refractivity (Wildman–Crippen MR) is 50.3 cm³/mol. The summed E-state index contributed by atoms with van der Waals surface area (Å²) in [6, 6.07) is 1.75. The number of nitrogens with one attached hydrogen (secondary N) is 1. The zero-order valence-corrected chi connectivity index (χ0v) is 8.64. The Kier molecular flexibility index (Phi) is 3.93. The fourth-order valence-electron chi connectivity index (χ4n) is 1.22. The molecule has 0 saturated heterocycles. The molecule has 0 bridgehead atoms. The number of amides is 1. The van der Waals surface area contributed by atoms with Gasteiger partial charge in [-0.25, -0.2) is 4.39 Å². The van der Waals surface area contributed by atoms with Crippen molar-refractivity contribution in [2.45, 2.75) is 19.3 Å². The molecule has 17 heavy (non-hydrogen) atoms. The summed E-state index contributed by atoms with van der Waals surface area (Å²) < 4.78 is 52.7. The Morgan fingerprint density at radius 2 is 2.06 bits per heavy atom. The monoisotopic (exact) mass is 250 g/mol. The van der Waals surface area contributed by atoms with Gasteiger partial charge in [0.25, 0.3) is 0 Å². The van der Waals surface area contributed by atoms with Gasteiger partial charge in [0, 0.05) is 5.56 Å². The predicted octanol–water partition coefficient (Wildman–Crippen LogP) is 2.44. The van der Waals surface area contributed by atoms with Crippen LogP contribution in [0.2, 0.25) is 0 Å². The first-order valence-electron chi connectivity index (χ1n) is 4.51. The lowest BCUT2D eigenvalue weighted by Gasteiger charge is -2.14. The van der Waals surface area contributed by atoms with Gasteiger partial charge in [0.15, 0.2) is 0 Å². The summed E-state index contributed by atoms with van der Waals surface area (Å²) in [5.41, 5.74) is -0.116. The van der Waals surface area contributed by atoms with E-state index < -0.39 is 24.0 Å². The van der Waals surface area contributed by atoms with E-state index in [4.69, 9.17) is 0 Å². The Morgan fingerprint density at radius 1 is 1.41 bits per heavy atom. The van der Waals surface area contributed by atoms with Gasteiger partial charge in [0.05, 0.1) is 6.04 Å². The smallest absolute Gasteiger partial charge is 0.406 e. The molecule has 7 heteroatoms. The molecule has 0 aliphatic carbocycles. The van der Waals surface area contributed by atoms with E-state index >= 15 is 0 Å². The van der Waals surface area contributed by atoms with Crippen LogP contribution >= 0.6 is 0 Å².